The number of benzene rings is 2. The van der Waals surface area contributed by atoms with Gasteiger partial charge in [0, 0.05) is 30.1 Å². The lowest BCUT2D eigenvalue weighted by atomic mass is 10.1. The van der Waals surface area contributed by atoms with E-state index in [2.05, 4.69) is 20.5 Å². The molecule has 0 saturated carbocycles. The van der Waals surface area contributed by atoms with Crippen LogP contribution in [-0.2, 0) is 17.8 Å². The fourth-order valence-electron chi connectivity index (χ4n) is 4.00. The number of hydrogen-bond acceptors (Lipinski definition) is 6. The second-order valence-corrected chi connectivity index (χ2v) is 8.46. The molecule has 9 heteroatoms. The van der Waals surface area contributed by atoms with Gasteiger partial charge in [0.2, 0.25) is 17.6 Å². The SMILES string of the molecule is O=C(CCn1nnc2cc(-c3noc(Cc4ccc(Cl)cc4)n3)ccc21)N1CCCCC1. The van der Waals surface area contributed by atoms with E-state index in [9.17, 15) is 4.79 Å². The Morgan fingerprint density at radius 2 is 1.88 bits per heavy atom. The number of hydrogen-bond donors (Lipinski definition) is 0. The van der Waals surface area contributed by atoms with Crippen LogP contribution in [-0.4, -0.2) is 49.0 Å². The van der Waals surface area contributed by atoms with Crippen LogP contribution in [0, 0.1) is 0 Å². The molecule has 1 aliphatic rings. The molecule has 1 fully saturated rings. The highest BCUT2D eigenvalue weighted by Gasteiger charge is 2.17. The Morgan fingerprint density at radius 3 is 2.69 bits per heavy atom. The molecule has 1 aliphatic heterocycles. The van der Waals surface area contributed by atoms with Crippen molar-refractivity contribution in [3.63, 3.8) is 0 Å². The maximum atomic E-state index is 12.4. The minimum atomic E-state index is 0.185. The maximum absolute atomic E-state index is 12.4. The number of carbonyl (C=O) groups excluding carboxylic acids is 1. The number of likely N-dealkylation sites (tertiary alicyclic amines) is 1. The Labute approximate surface area is 190 Å². The van der Waals surface area contributed by atoms with Crippen LogP contribution in [0.3, 0.4) is 0 Å². The van der Waals surface area contributed by atoms with Crippen molar-refractivity contribution in [3.8, 4) is 11.4 Å². The molecule has 4 aromatic rings. The fraction of sp³-hybridized carbons (Fsp3) is 0.348. The number of rotatable bonds is 6. The number of aromatic nitrogens is 5. The molecular formula is C23H23ClN6O2. The maximum Gasteiger partial charge on any atom is 0.231 e. The van der Waals surface area contributed by atoms with Crippen LogP contribution in [0.5, 0.6) is 0 Å². The molecule has 0 atom stereocenters. The van der Waals surface area contributed by atoms with Gasteiger partial charge in [0.05, 0.1) is 18.5 Å². The second kappa shape index (κ2) is 9.08. The number of piperidine rings is 1. The third-order valence-electron chi connectivity index (χ3n) is 5.76. The summed E-state index contributed by atoms with van der Waals surface area (Å²) in [5.41, 5.74) is 3.46. The summed E-state index contributed by atoms with van der Waals surface area (Å²) < 4.78 is 7.20. The van der Waals surface area contributed by atoms with Gasteiger partial charge in [-0.2, -0.15) is 4.98 Å². The van der Waals surface area contributed by atoms with E-state index < -0.39 is 0 Å². The van der Waals surface area contributed by atoms with Gasteiger partial charge in [0.25, 0.3) is 0 Å². The first kappa shape index (κ1) is 20.6. The zero-order chi connectivity index (χ0) is 21.9. The molecule has 2 aromatic heterocycles. The fourth-order valence-corrected chi connectivity index (χ4v) is 4.13. The molecule has 3 heterocycles. The normalized spacial score (nSPS) is 14.2. The first-order chi connectivity index (χ1) is 15.7. The minimum absolute atomic E-state index is 0.185. The van der Waals surface area contributed by atoms with Gasteiger partial charge < -0.3 is 9.42 Å². The molecular weight excluding hydrogens is 428 g/mol. The number of fused-ring (bicyclic) bond motifs is 1. The molecule has 8 nitrogen and oxygen atoms in total. The Morgan fingerprint density at radius 1 is 1.06 bits per heavy atom. The first-order valence-electron chi connectivity index (χ1n) is 10.8. The molecule has 0 N–H and O–H groups in total. The van der Waals surface area contributed by atoms with Gasteiger partial charge in [0.15, 0.2) is 0 Å². The first-order valence-corrected chi connectivity index (χ1v) is 11.2. The summed E-state index contributed by atoms with van der Waals surface area (Å²) >= 11 is 5.94. The van der Waals surface area contributed by atoms with Gasteiger partial charge in [-0.1, -0.05) is 34.1 Å². The third kappa shape index (κ3) is 4.50. The molecule has 0 bridgehead atoms. The van der Waals surface area contributed by atoms with Crippen molar-refractivity contribution in [2.24, 2.45) is 0 Å². The van der Waals surface area contributed by atoms with Crippen molar-refractivity contribution in [2.75, 3.05) is 13.1 Å². The number of halogens is 1. The van der Waals surface area contributed by atoms with Crippen LogP contribution in [0.15, 0.2) is 47.0 Å². The lowest BCUT2D eigenvalue weighted by Gasteiger charge is -2.26. The lowest BCUT2D eigenvalue weighted by molar-refractivity contribution is -0.132. The quantitative estimate of drug-likeness (QED) is 0.438. The van der Waals surface area contributed by atoms with Gasteiger partial charge >= 0.3 is 0 Å². The summed E-state index contributed by atoms with van der Waals surface area (Å²) in [5, 5.41) is 13.3. The highest BCUT2D eigenvalue weighted by Crippen LogP contribution is 2.22. The van der Waals surface area contributed by atoms with Crippen LogP contribution in [0.4, 0.5) is 0 Å². The van der Waals surface area contributed by atoms with Gasteiger partial charge in [-0.3, -0.25) is 4.79 Å². The van der Waals surface area contributed by atoms with Crippen molar-refractivity contribution in [1.29, 1.82) is 0 Å². The molecule has 5 rings (SSSR count). The smallest absolute Gasteiger partial charge is 0.231 e. The monoisotopic (exact) mass is 450 g/mol. The number of aryl methyl sites for hydroxylation is 1. The molecule has 2 aromatic carbocycles. The molecule has 32 heavy (non-hydrogen) atoms. The Hall–Kier alpha value is -3.26. The molecule has 0 unspecified atom stereocenters. The Kier molecular flexibility index (Phi) is 5.85. The molecule has 0 aliphatic carbocycles. The average molecular weight is 451 g/mol. The zero-order valence-corrected chi connectivity index (χ0v) is 18.3. The Bertz CT molecular complexity index is 1230. The molecule has 0 radical (unpaired) electrons. The summed E-state index contributed by atoms with van der Waals surface area (Å²) in [7, 11) is 0. The second-order valence-electron chi connectivity index (χ2n) is 8.02. The van der Waals surface area contributed by atoms with Crippen LogP contribution >= 0.6 is 11.6 Å². The molecule has 164 valence electrons. The number of nitrogens with zero attached hydrogens (tertiary/aromatic N) is 6. The largest absolute Gasteiger partial charge is 0.343 e. The van der Waals surface area contributed by atoms with E-state index in [1.807, 2.05) is 47.4 Å². The zero-order valence-electron chi connectivity index (χ0n) is 17.6. The summed E-state index contributed by atoms with van der Waals surface area (Å²) in [6, 6.07) is 13.3. The Balaban J connectivity index is 1.27. The van der Waals surface area contributed by atoms with E-state index >= 15 is 0 Å². The van der Waals surface area contributed by atoms with Crippen molar-refractivity contribution in [3.05, 3.63) is 58.9 Å². The molecule has 1 amide bonds. The molecule has 1 saturated heterocycles. The topological polar surface area (TPSA) is 89.9 Å². The summed E-state index contributed by atoms with van der Waals surface area (Å²) in [6.07, 6.45) is 4.37. The van der Waals surface area contributed by atoms with Crippen LogP contribution in [0.2, 0.25) is 5.02 Å². The van der Waals surface area contributed by atoms with Crippen molar-refractivity contribution in [1.82, 2.24) is 30.0 Å². The van der Waals surface area contributed by atoms with Crippen LogP contribution in [0.1, 0.15) is 37.1 Å². The van der Waals surface area contributed by atoms with E-state index in [0.717, 1.165) is 48.1 Å². The van der Waals surface area contributed by atoms with Gasteiger partial charge in [-0.25, -0.2) is 4.68 Å². The predicted octanol–water partition coefficient (Wildman–Crippen LogP) is 4.13. The van der Waals surface area contributed by atoms with Crippen molar-refractivity contribution >= 4 is 28.5 Å². The van der Waals surface area contributed by atoms with Gasteiger partial charge in [-0.15, -0.1) is 5.10 Å². The molecule has 0 spiro atoms. The van der Waals surface area contributed by atoms with Gasteiger partial charge in [-0.05, 0) is 55.2 Å². The van der Waals surface area contributed by atoms with Gasteiger partial charge in [0.1, 0.15) is 5.52 Å². The van der Waals surface area contributed by atoms with Crippen LogP contribution in [0.25, 0.3) is 22.4 Å². The van der Waals surface area contributed by atoms with E-state index in [1.165, 1.54) is 6.42 Å². The van der Waals surface area contributed by atoms with Crippen molar-refractivity contribution < 1.29 is 9.32 Å². The van der Waals surface area contributed by atoms with E-state index in [0.29, 0.717) is 36.1 Å². The van der Waals surface area contributed by atoms with Crippen LogP contribution < -0.4 is 0 Å². The highest BCUT2D eigenvalue weighted by atomic mass is 35.5. The predicted molar refractivity (Wildman–Crippen MR) is 120 cm³/mol. The third-order valence-corrected chi connectivity index (χ3v) is 6.01. The standard InChI is InChI=1S/C23H23ClN6O2/c24-18-7-4-16(5-8-18)14-21-25-23(27-32-21)17-6-9-20-19(15-17)26-28-30(20)13-10-22(31)29-11-2-1-3-12-29/h4-9,15H,1-3,10-14H2. The van der Waals surface area contributed by atoms with E-state index in [-0.39, 0.29) is 5.91 Å². The highest BCUT2D eigenvalue weighted by molar-refractivity contribution is 6.30. The summed E-state index contributed by atoms with van der Waals surface area (Å²) in [5.74, 6) is 1.22. The number of carbonyl (C=O) groups is 1. The van der Waals surface area contributed by atoms with E-state index in [4.69, 9.17) is 16.1 Å². The number of amides is 1. The minimum Gasteiger partial charge on any atom is -0.343 e. The van der Waals surface area contributed by atoms with Crippen molar-refractivity contribution in [2.45, 2.75) is 38.6 Å². The lowest BCUT2D eigenvalue weighted by Crippen LogP contribution is -2.36. The van der Waals surface area contributed by atoms with E-state index in [1.54, 1.807) is 4.68 Å². The average Bonchev–Trinajstić information content (AvgIpc) is 3.46. The summed E-state index contributed by atoms with van der Waals surface area (Å²) in [4.78, 5) is 18.9. The summed E-state index contributed by atoms with van der Waals surface area (Å²) in [6.45, 7) is 2.24.